The van der Waals surface area contributed by atoms with Gasteiger partial charge in [-0.15, -0.1) is 0 Å². The number of ether oxygens (including phenoxy) is 2. The number of hydrogen-bond donors (Lipinski definition) is 1. The summed E-state index contributed by atoms with van der Waals surface area (Å²) < 4.78 is 12.3. The fraction of sp³-hybridized carbons (Fsp3) is 0.143. The van der Waals surface area contributed by atoms with E-state index in [1.807, 2.05) is 48.5 Å². The number of aliphatic hydroxyl groups excluding tert-OH is 1. The van der Waals surface area contributed by atoms with Gasteiger partial charge in [0.1, 0.15) is 13.2 Å². The van der Waals surface area contributed by atoms with E-state index in [0.29, 0.717) is 13.2 Å². The van der Waals surface area contributed by atoms with Crippen molar-refractivity contribution in [1.29, 1.82) is 0 Å². The van der Waals surface area contributed by atoms with Gasteiger partial charge in [0.25, 0.3) is 0 Å². The van der Waals surface area contributed by atoms with Crippen LogP contribution in [0.15, 0.2) is 65.1 Å². The molecule has 1 aliphatic heterocycles. The molecule has 3 aromatic rings. The molecule has 0 radical (unpaired) electrons. The monoisotopic (exact) mass is 396 g/mol. The van der Waals surface area contributed by atoms with Crippen LogP contribution in [0.5, 0.6) is 11.5 Å². The molecule has 1 aliphatic rings. The quantitative estimate of drug-likeness (QED) is 0.673. The average Bonchev–Trinajstić information content (AvgIpc) is 2.68. The Hall–Kier alpha value is -2.30. The van der Waals surface area contributed by atoms with Crippen molar-refractivity contribution < 1.29 is 14.6 Å². The van der Waals surface area contributed by atoms with Crippen LogP contribution in [0.3, 0.4) is 0 Å². The lowest BCUT2D eigenvalue weighted by atomic mass is 9.98. The fourth-order valence-corrected chi connectivity index (χ4v) is 3.70. The van der Waals surface area contributed by atoms with Crippen LogP contribution < -0.4 is 9.47 Å². The van der Waals surface area contributed by atoms with Crippen LogP contribution >= 0.6 is 15.9 Å². The number of benzene rings is 3. The van der Waals surface area contributed by atoms with E-state index in [0.717, 1.165) is 43.8 Å². The van der Waals surface area contributed by atoms with Gasteiger partial charge in [0.15, 0.2) is 11.5 Å². The second-order valence-electron chi connectivity index (χ2n) is 5.88. The molecule has 0 aliphatic carbocycles. The molecule has 4 heteroatoms. The minimum atomic E-state index is 0.0543. The molecule has 0 bridgehead atoms. The third kappa shape index (κ3) is 3.15. The van der Waals surface area contributed by atoms with Crippen LogP contribution in [0, 0.1) is 0 Å². The SMILES string of the molecule is OCc1ccc(-c2cccc(-c3ccc4c(c3)OCCO4)c2Br)cc1. The molecule has 25 heavy (non-hydrogen) atoms. The molecule has 1 heterocycles. The Kier molecular flexibility index (Phi) is 4.47. The molecular formula is C21H17BrO3. The van der Waals surface area contributed by atoms with E-state index in [2.05, 4.69) is 28.1 Å². The number of rotatable bonds is 3. The zero-order valence-electron chi connectivity index (χ0n) is 13.5. The first-order valence-corrected chi connectivity index (χ1v) is 8.94. The maximum Gasteiger partial charge on any atom is 0.161 e. The summed E-state index contributed by atoms with van der Waals surface area (Å²) in [5, 5.41) is 9.21. The van der Waals surface area contributed by atoms with Crippen molar-refractivity contribution in [2.24, 2.45) is 0 Å². The summed E-state index contributed by atoms with van der Waals surface area (Å²) in [7, 11) is 0. The molecule has 0 saturated heterocycles. The van der Waals surface area contributed by atoms with Crippen molar-refractivity contribution >= 4 is 15.9 Å². The van der Waals surface area contributed by atoms with Crippen LogP contribution in [0.2, 0.25) is 0 Å². The lowest BCUT2D eigenvalue weighted by molar-refractivity contribution is 0.171. The molecule has 3 aromatic carbocycles. The van der Waals surface area contributed by atoms with Crippen LogP contribution in [-0.4, -0.2) is 18.3 Å². The van der Waals surface area contributed by atoms with E-state index < -0.39 is 0 Å². The van der Waals surface area contributed by atoms with Crippen molar-refractivity contribution in [2.45, 2.75) is 6.61 Å². The third-order valence-electron chi connectivity index (χ3n) is 4.30. The first-order chi connectivity index (χ1) is 12.3. The van der Waals surface area contributed by atoms with E-state index in [4.69, 9.17) is 9.47 Å². The molecule has 0 spiro atoms. The van der Waals surface area contributed by atoms with Gasteiger partial charge in [0.2, 0.25) is 0 Å². The maximum absolute atomic E-state index is 9.21. The van der Waals surface area contributed by atoms with Crippen molar-refractivity contribution in [3.63, 3.8) is 0 Å². The van der Waals surface area contributed by atoms with Crippen molar-refractivity contribution in [3.8, 4) is 33.8 Å². The van der Waals surface area contributed by atoms with Gasteiger partial charge in [-0.05, 0) is 55.9 Å². The molecule has 0 saturated carbocycles. The number of hydrogen-bond acceptors (Lipinski definition) is 3. The lowest BCUT2D eigenvalue weighted by Gasteiger charge is -2.19. The Morgan fingerprint density at radius 1 is 0.800 bits per heavy atom. The highest BCUT2D eigenvalue weighted by atomic mass is 79.9. The van der Waals surface area contributed by atoms with E-state index >= 15 is 0 Å². The highest BCUT2D eigenvalue weighted by Crippen LogP contribution is 2.40. The standard InChI is InChI=1S/C21H17BrO3/c22-21-17(15-6-4-14(13-23)5-7-15)2-1-3-18(21)16-8-9-19-20(12-16)25-11-10-24-19/h1-9,12,23H,10-11,13H2. The summed E-state index contributed by atoms with van der Waals surface area (Å²) in [6, 6.07) is 20.2. The predicted molar refractivity (Wildman–Crippen MR) is 102 cm³/mol. The van der Waals surface area contributed by atoms with Crippen molar-refractivity contribution in [2.75, 3.05) is 13.2 Å². The van der Waals surface area contributed by atoms with Crippen molar-refractivity contribution in [3.05, 3.63) is 70.7 Å². The average molecular weight is 397 g/mol. The molecule has 1 N–H and O–H groups in total. The van der Waals surface area contributed by atoms with Gasteiger partial charge in [-0.2, -0.15) is 0 Å². The largest absolute Gasteiger partial charge is 0.486 e. The number of aliphatic hydroxyl groups is 1. The van der Waals surface area contributed by atoms with Crippen LogP contribution in [0.4, 0.5) is 0 Å². The molecule has 126 valence electrons. The molecule has 0 aromatic heterocycles. The lowest BCUT2D eigenvalue weighted by Crippen LogP contribution is -2.15. The Morgan fingerprint density at radius 2 is 1.44 bits per heavy atom. The van der Waals surface area contributed by atoms with Gasteiger partial charge in [0.05, 0.1) is 6.61 Å². The van der Waals surface area contributed by atoms with Gasteiger partial charge >= 0.3 is 0 Å². The molecule has 3 nitrogen and oxygen atoms in total. The van der Waals surface area contributed by atoms with Gasteiger partial charge in [-0.1, -0.05) is 48.5 Å². The minimum Gasteiger partial charge on any atom is -0.486 e. The maximum atomic E-state index is 9.21. The minimum absolute atomic E-state index is 0.0543. The van der Waals surface area contributed by atoms with E-state index in [-0.39, 0.29) is 6.61 Å². The van der Waals surface area contributed by atoms with E-state index in [9.17, 15) is 5.11 Å². The fourth-order valence-electron chi connectivity index (χ4n) is 2.98. The van der Waals surface area contributed by atoms with Crippen LogP contribution in [0.25, 0.3) is 22.3 Å². The zero-order chi connectivity index (χ0) is 17.2. The molecule has 0 amide bonds. The Balaban J connectivity index is 1.76. The summed E-state index contributed by atoms with van der Waals surface area (Å²) in [6.45, 7) is 1.23. The molecule has 0 atom stereocenters. The molecular weight excluding hydrogens is 380 g/mol. The predicted octanol–water partition coefficient (Wildman–Crippen LogP) is 5.05. The topological polar surface area (TPSA) is 38.7 Å². The van der Waals surface area contributed by atoms with Gasteiger partial charge in [-0.25, -0.2) is 0 Å². The second-order valence-corrected chi connectivity index (χ2v) is 6.67. The third-order valence-corrected chi connectivity index (χ3v) is 5.15. The van der Waals surface area contributed by atoms with Crippen LogP contribution in [0.1, 0.15) is 5.56 Å². The van der Waals surface area contributed by atoms with Crippen molar-refractivity contribution in [1.82, 2.24) is 0 Å². The summed E-state index contributed by atoms with van der Waals surface area (Å²) in [4.78, 5) is 0. The van der Waals surface area contributed by atoms with Crippen LogP contribution in [-0.2, 0) is 6.61 Å². The molecule has 0 unspecified atom stereocenters. The van der Waals surface area contributed by atoms with Gasteiger partial charge in [0, 0.05) is 4.47 Å². The van der Waals surface area contributed by atoms with E-state index in [1.165, 1.54) is 0 Å². The second kappa shape index (κ2) is 6.90. The molecule has 4 rings (SSSR count). The smallest absolute Gasteiger partial charge is 0.161 e. The first-order valence-electron chi connectivity index (χ1n) is 8.15. The Morgan fingerprint density at radius 3 is 2.16 bits per heavy atom. The summed E-state index contributed by atoms with van der Waals surface area (Å²) >= 11 is 3.76. The van der Waals surface area contributed by atoms with Gasteiger partial charge < -0.3 is 14.6 Å². The Labute approximate surface area is 155 Å². The first kappa shape index (κ1) is 16.2. The Bertz CT molecular complexity index is 904. The van der Waals surface area contributed by atoms with Gasteiger partial charge in [-0.3, -0.25) is 0 Å². The number of fused-ring (bicyclic) bond motifs is 1. The normalized spacial score (nSPS) is 12.9. The summed E-state index contributed by atoms with van der Waals surface area (Å²) in [5.74, 6) is 1.58. The molecule has 0 fully saturated rings. The summed E-state index contributed by atoms with van der Waals surface area (Å²) in [5.41, 5.74) is 5.29. The highest BCUT2D eigenvalue weighted by molar-refractivity contribution is 9.10. The number of halogens is 1. The zero-order valence-corrected chi connectivity index (χ0v) is 15.1. The highest BCUT2D eigenvalue weighted by Gasteiger charge is 2.15. The van der Waals surface area contributed by atoms with E-state index in [1.54, 1.807) is 0 Å². The summed E-state index contributed by atoms with van der Waals surface area (Å²) in [6.07, 6.45) is 0.